The van der Waals surface area contributed by atoms with E-state index in [0.717, 1.165) is 6.20 Å². The van der Waals surface area contributed by atoms with E-state index in [1.807, 2.05) is 0 Å². The van der Waals surface area contributed by atoms with Crippen LogP contribution in [0.1, 0.15) is 10.5 Å². The van der Waals surface area contributed by atoms with Gasteiger partial charge in [-0.15, -0.1) is 0 Å². The normalized spacial score (nSPS) is 9.20. The van der Waals surface area contributed by atoms with Gasteiger partial charge in [0, 0.05) is 6.07 Å². The minimum Gasteiger partial charge on any atom is -0.618 e. The second-order valence-corrected chi connectivity index (χ2v) is 1.76. The van der Waals surface area contributed by atoms with Crippen molar-refractivity contribution in [3.05, 3.63) is 29.2 Å². The Kier molecular flexibility index (Phi) is 1.53. The first-order valence-corrected chi connectivity index (χ1v) is 2.61. The Morgan fingerprint density at radius 2 is 2.30 bits per heavy atom. The second-order valence-electron chi connectivity index (χ2n) is 1.76. The fourth-order valence-electron chi connectivity index (χ4n) is 0.573. The number of aromatic hydroxyl groups is 1. The van der Waals surface area contributed by atoms with Crippen molar-refractivity contribution in [2.45, 2.75) is 0 Å². The van der Waals surface area contributed by atoms with Crippen LogP contribution in [-0.4, -0.2) is 11.4 Å². The van der Waals surface area contributed by atoms with Crippen LogP contribution in [0.3, 0.4) is 0 Å². The fraction of sp³-hybridized carbons (Fsp3) is 0. The molecule has 0 saturated carbocycles. The van der Waals surface area contributed by atoms with Crippen molar-refractivity contribution in [3.63, 3.8) is 0 Å². The maximum Gasteiger partial charge on any atom is 0.256 e. The lowest BCUT2D eigenvalue weighted by atomic mass is 10.4. The number of aldehydes is 1. The summed E-state index contributed by atoms with van der Waals surface area (Å²) < 4.78 is 0.308. The molecule has 1 aromatic heterocycles. The average molecular weight is 139 g/mol. The van der Waals surface area contributed by atoms with E-state index in [0.29, 0.717) is 11.0 Å². The monoisotopic (exact) mass is 139 g/mol. The van der Waals surface area contributed by atoms with Crippen LogP contribution in [0.5, 0.6) is 5.75 Å². The maximum atomic E-state index is 10.6. The first kappa shape index (κ1) is 6.54. The lowest BCUT2D eigenvalue weighted by molar-refractivity contribution is -0.607. The highest BCUT2D eigenvalue weighted by molar-refractivity contribution is 5.69. The van der Waals surface area contributed by atoms with Crippen molar-refractivity contribution < 1.29 is 14.6 Å². The zero-order valence-corrected chi connectivity index (χ0v) is 5.02. The Bertz CT molecular complexity index is 259. The van der Waals surface area contributed by atoms with Crippen molar-refractivity contribution in [1.29, 1.82) is 0 Å². The van der Waals surface area contributed by atoms with Gasteiger partial charge in [-0.1, -0.05) is 0 Å². The molecule has 4 nitrogen and oxygen atoms in total. The molecular formula is C6H5NO3. The first-order valence-electron chi connectivity index (χ1n) is 2.61. The van der Waals surface area contributed by atoms with Crippen LogP contribution in [0.15, 0.2) is 18.3 Å². The summed E-state index contributed by atoms with van der Waals surface area (Å²) in [6.07, 6.45) is 1.34. The number of rotatable bonds is 1. The third kappa shape index (κ3) is 1.05. The molecule has 0 fully saturated rings. The molecule has 0 aliphatic heterocycles. The predicted molar refractivity (Wildman–Crippen MR) is 32.5 cm³/mol. The first-order chi connectivity index (χ1) is 4.74. The molecule has 0 unspecified atom stereocenters. The van der Waals surface area contributed by atoms with Crippen LogP contribution in [0, 0.1) is 5.21 Å². The Morgan fingerprint density at radius 1 is 1.60 bits per heavy atom. The molecular weight excluding hydrogens is 134 g/mol. The molecule has 1 N–H and O–H groups in total. The highest BCUT2D eigenvalue weighted by atomic mass is 16.5. The smallest absolute Gasteiger partial charge is 0.256 e. The van der Waals surface area contributed by atoms with Crippen LogP contribution in [0.4, 0.5) is 0 Å². The molecule has 0 spiro atoms. The summed E-state index contributed by atoms with van der Waals surface area (Å²) >= 11 is 0. The van der Waals surface area contributed by atoms with E-state index >= 15 is 0 Å². The summed E-state index contributed by atoms with van der Waals surface area (Å²) in [5.41, 5.74) is -0.0159. The second kappa shape index (κ2) is 2.34. The van der Waals surface area contributed by atoms with Crippen molar-refractivity contribution >= 4 is 6.29 Å². The van der Waals surface area contributed by atoms with E-state index in [1.54, 1.807) is 0 Å². The Labute approximate surface area is 56.9 Å². The Balaban J connectivity index is 3.19. The number of carbonyl (C=O) groups is 1. The van der Waals surface area contributed by atoms with Gasteiger partial charge in [0.2, 0.25) is 12.5 Å². The highest BCUT2D eigenvalue weighted by Gasteiger charge is 2.02. The molecule has 0 aromatic carbocycles. The topological polar surface area (TPSA) is 64.2 Å². The number of nitrogens with zero attached hydrogens (tertiary/aromatic N) is 1. The molecule has 0 bridgehead atoms. The van der Waals surface area contributed by atoms with E-state index in [9.17, 15) is 10.0 Å². The molecule has 0 radical (unpaired) electrons. The molecule has 0 aliphatic rings. The average Bonchev–Trinajstić information content (AvgIpc) is 1.88. The summed E-state index contributed by atoms with van der Waals surface area (Å²) in [4.78, 5) is 10.0. The van der Waals surface area contributed by atoms with Gasteiger partial charge in [-0.3, -0.25) is 4.79 Å². The van der Waals surface area contributed by atoms with Gasteiger partial charge in [0.1, 0.15) is 0 Å². The van der Waals surface area contributed by atoms with Gasteiger partial charge >= 0.3 is 0 Å². The van der Waals surface area contributed by atoms with Crippen LogP contribution in [0.2, 0.25) is 0 Å². The van der Waals surface area contributed by atoms with Crippen LogP contribution in [0.25, 0.3) is 0 Å². The van der Waals surface area contributed by atoms with Gasteiger partial charge in [0.05, 0.1) is 0 Å². The molecule has 4 heteroatoms. The summed E-state index contributed by atoms with van der Waals surface area (Å²) in [6.45, 7) is 0. The predicted octanol–water partition coefficient (Wildman–Crippen LogP) is -0.162. The van der Waals surface area contributed by atoms with E-state index < -0.39 is 0 Å². The maximum absolute atomic E-state index is 10.6. The number of pyridine rings is 1. The standard InChI is InChI=1S/C6H5NO3/c8-4-5-1-2-6(9)3-7(5)10/h1-4,9H. The third-order valence-electron chi connectivity index (χ3n) is 1.05. The van der Waals surface area contributed by atoms with Gasteiger partial charge in [-0.2, -0.15) is 4.73 Å². The Hall–Kier alpha value is -1.58. The van der Waals surface area contributed by atoms with Crippen LogP contribution >= 0.6 is 0 Å². The van der Waals surface area contributed by atoms with Gasteiger partial charge in [0.25, 0.3) is 5.69 Å². The molecule has 10 heavy (non-hydrogen) atoms. The van der Waals surface area contributed by atoms with Gasteiger partial charge in [-0.05, 0) is 6.07 Å². The van der Waals surface area contributed by atoms with Crippen LogP contribution in [-0.2, 0) is 0 Å². The van der Waals surface area contributed by atoms with E-state index in [1.165, 1.54) is 12.1 Å². The molecule has 1 rings (SSSR count). The van der Waals surface area contributed by atoms with E-state index in [2.05, 4.69) is 0 Å². The molecule has 0 saturated heterocycles. The Morgan fingerprint density at radius 3 is 2.80 bits per heavy atom. The lowest BCUT2D eigenvalue weighted by Crippen LogP contribution is -2.30. The molecule has 0 atom stereocenters. The number of hydrogen-bond acceptors (Lipinski definition) is 3. The fourth-order valence-corrected chi connectivity index (χ4v) is 0.573. The van der Waals surface area contributed by atoms with Gasteiger partial charge in [-0.25, -0.2) is 0 Å². The van der Waals surface area contributed by atoms with Gasteiger partial charge in [0.15, 0.2) is 5.75 Å². The van der Waals surface area contributed by atoms with Crippen molar-refractivity contribution in [2.75, 3.05) is 0 Å². The number of hydrogen-bond donors (Lipinski definition) is 1. The minimum atomic E-state index is -0.152. The highest BCUT2D eigenvalue weighted by Crippen LogP contribution is 2.01. The van der Waals surface area contributed by atoms with Crippen molar-refractivity contribution in [3.8, 4) is 5.75 Å². The number of aromatic nitrogens is 1. The summed E-state index contributed by atoms with van der Waals surface area (Å²) in [7, 11) is 0. The molecule has 1 aromatic rings. The molecule has 0 aliphatic carbocycles. The zero-order chi connectivity index (χ0) is 7.56. The van der Waals surface area contributed by atoms with Crippen molar-refractivity contribution in [1.82, 2.24) is 0 Å². The van der Waals surface area contributed by atoms with E-state index in [4.69, 9.17) is 5.11 Å². The van der Waals surface area contributed by atoms with Crippen molar-refractivity contribution in [2.24, 2.45) is 0 Å². The van der Waals surface area contributed by atoms with E-state index in [-0.39, 0.29) is 11.4 Å². The minimum absolute atomic E-state index is 0.0159. The third-order valence-corrected chi connectivity index (χ3v) is 1.05. The quantitative estimate of drug-likeness (QED) is 0.334. The summed E-state index contributed by atoms with van der Waals surface area (Å²) in [5, 5.41) is 19.3. The molecule has 0 amide bonds. The SMILES string of the molecule is O=Cc1ccc(O)c[n+]1[O-]. The summed E-state index contributed by atoms with van der Waals surface area (Å²) in [5.74, 6) is -0.152. The number of carbonyl (C=O) groups excluding carboxylic acids is 1. The molecule has 52 valence electrons. The summed E-state index contributed by atoms with van der Waals surface area (Å²) in [6, 6.07) is 2.52. The van der Waals surface area contributed by atoms with Crippen LogP contribution < -0.4 is 4.73 Å². The van der Waals surface area contributed by atoms with Gasteiger partial charge < -0.3 is 10.3 Å². The zero-order valence-electron chi connectivity index (χ0n) is 5.02. The lowest BCUT2D eigenvalue weighted by Gasteiger charge is -1.96. The molecule has 1 heterocycles. The largest absolute Gasteiger partial charge is 0.618 e.